The molecule has 0 unspecified atom stereocenters. The molecule has 0 spiro atoms. The van der Waals surface area contributed by atoms with Gasteiger partial charge in [0.2, 0.25) is 5.89 Å². The summed E-state index contributed by atoms with van der Waals surface area (Å²) in [4.78, 5) is 19.1. The number of carbonyl (C=O) groups is 1. The van der Waals surface area contributed by atoms with Crippen LogP contribution in [0.1, 0.15) is 47.9 Å². The molecular formula is C17H19N3O4. The molecule has 1 amide bonds. The molecule has 7 heteroatoms. The van der Waals surface area contributed by atoms with Crippen molar-refractivity contribution >= 4 is 5.91 Å². The van der Waals surface area contributed by atoms with Gasteiger partial charge in [0, 0.05) is 18.5 Å². The number of fused-ring (bicyclic) bond motifs is 1. The van der Waals surface area contributed by atoms with Crippen LogP contribution in [0.3, 0.4) is 0 Å². The summed E-state index contributed by atoms with van der Waals surface area (Å²) in [6.07, 6.45) is 2.46. The van der Waals surface area contributed by atoms with Crippen molar-refractivity contribution in [1.29, 1.82) is 0 Å². The maximum absolute atomic E-state index is 12.9. The van der Waals surface area contributed by atoms with Crippen LogP contribution < -0.4 is 9.47 Å². The Labute approximate surface area is 139 Å². The number of carbonyl (C=O) groups excluding carboxylic acids is 1. The molecule has 0 aliphatic carbocycles. The lowest BCUT2D eigenvalue weighted by Gasteiger charge is -2.23. The van der Waals surface area contributed by atoms with Crippen LogP contribution in [0.2, 0.25) is 0 Å². The lowest BCUT2D eigenvalue weighted by Crippen LogP contribution is -2.31. The second-order valence-electron chi connectivity index (χ2n) is 5.91. The largest absolute Gasteiger partial charge is 0.486 e. The molecule has 0 bridgehead atoms. The van der Waals surface area contributed by atoms with Gasteiger partial charge in [0.15, 0.2) is 17.3 Å². The van der Waals surface area contributed by atoms with Crippen molar-refractivity contribution in [3.63, 3.8) is 0 Å². The second kappa shape index (κ2) is 6.14. The molecule has 1 atom stereocenters. The predicted octanol–water partition coefficient (Wildman–Crippen LogP) is 2.38. The maximum atomic E-state index is 12.9. The first-order valence-electron chi connectivity index (χ1n) is 8.29. The molecule has 1 saturated heterocycles. The minimum absolute atomic E-state index is 0.0441. The topological polar surface area (TPSA) is 77.7 Å². The van der Waals surface area contributed by atoms with Gasteiger partial charge in [-0.3, -0.25) is 4.79 Å². The molecule has 3 heterocycles. The van der Waals surface area contributed by atoms with Gasteiger partial charge in [-0.2, -0.15) is 4.98 Å². The molecule has 1 fully saturated rings. The summed E-state index contributed by atoms with van der Waals surface area (Å²) in [7, 11) is 0. The summed E-state index contributed by atoms with van der Waals surface area (Å²) in [5.41, 5.74) is 0.588. The number of amides is 1. The van der Waals surface area contributed by atoms with Crippen LogP contribution >= 0.6 is 0 Å². The Bertz CT molecular complexity index is 758. The fourth-order valence-electron chi connectivity index (χ4n) is 3.17. The zero-order valence-electron chi connectivity index (χ0n) is 13.5. The molecule has 2 aliphatic heterocycles. The van der Waals surface area contributed by atoms with E-state index in [-0.39, 0.29) is 11.9 Å². The van der Waals surface area contributed by atoms with Gasteiger partial charge < -0.3 is 18.9 Å². The monoisotopic (exact) mass is 329 g/mol. The summed E-state index contributed by atoms with van der Waals surface area (Å²) in [5.74, 6) is 2.45. The number of aryl methyl sites for hydroxylation is 1. The molecular weight excluding hydrogens is 310 g/mol. The fraction of sp³-hybridized carbons (Fsp3) is 0.471. The van der Waals surface area contributed by atoms with E-state index in [0.29, 0.717) is 55.0 Å². The van der Waals surface area contributed by atoms with Crippen LogP contribution in [0.15, 0.2) is 22.7 Å². The van der Waals surface area contributed by atoms with E-state index in [0.717, 1.165) is 12.8 Å². The van der Waals surface area contributed by atoms with Crippen LogP contribution in [0.5, 0.6) is 11.5 Å². The van der Waals surface area contributed by atoms with Crippen molar-refractivity contribution in [2.75, 3.05) is 19.8 Å². The molecule has 0 N–H and O–H groups in total. The van der Waals surface area contributed by atoms with E-state index in [2.05, 4.69) is 10.1 Å². The summed E-state index contributed by atoms with van der Waals surface area (Å²) in [5, 5.41) is 4.04. The van der Waals surface area contributed by atoms with Crippen LogP contribution in [0.4, 0.5) is 0 Å². The predicted molar refractivity (Wildman–Crippen MR) is 84.1 cm³/mol. The Balaban J connectivity index is 1.58. The first-order valence-corrected chi connectivity index (χ1v) is 8.29. The van der Waals surface area contributed by atoms with Crippen molar-refractivity contribution in [3.05, 3.63) is 35.5 Å². The highest BCUT2D eigenvalue weighted by atomic mass is 16.6. The minimum atomic E-state index is -0.130. The Kier molecular flexibility index (Phi) is 3.84. The van der Waals surface area contributed by atoms with E-state index >= 15 is 0 Å². The van der Waals surface area contributed by atoms with E-state index in [1.54, 1.807) is 18.2 Å². The summed E-state index contributed by atoms with van der Waals surface area (Å²) in [6.45, 7) is 3.68. The SMILES string of the molecule is CCc1nc([C@@H]2CCCN2C(=O)c2ccc3c(c2)OCCO3)no1. The molecule has 0 radical (unpaired) electrons. The van der Waals surface area contributed by atoms with Crippen LogP contribution in [0, 0.1) is 0 Å². The second-order valence-corrected chi connectivity index (χ2v) is 5.91. The van der Waals surface area contributed by atoms with Gasteiger partial charge in [-0.05, 0) is 31.0 Å². The highest BCUT2D eigenvalue weighted by Gasteiger charge is 2.34. The zero-order valence-corrected chi connectivity index (χ0v) is 13.5. The number of nitrogens with zero attached hydrogens (tertiary/aromatic N) is 3. The molecule has 24 heavy (non-hydrogen) atoms. The quantitative estimate of drug-likeness (QED) is 0.860. The summed E-state index contributed by atoms with van der Waals surface area (Å²) in [6, 6.07) is 5.18. The molecule has 4 rings (SSSR count). The van der Waals surface area contributed by atoms with Gasteiger partial charge in [0.05, 0.1) is 6.04 Å². The van der Waals surface area contributed by atoms with E-state index in [1.165, 1.54) is 0 Å². The van der Waals surface area contributed by atoms with Crippen molar-refractivity contribution < 1.29 is 18.8 Å². The van der Waals surface area contributed by atoms with Gasteiger partial charge in [0.1, 0.15) is 13.2 Å². The maximum Gasteiger partial charge on any atom is 0.254 e. The van der Waals surface area contributed by atoms with E-state index < -0.39 is 0 Å². The standard InChI is InChI=1S/C17H19N3O4/c1-2-15-18-16(19-24-15)12-4-3-7-20(12)17(21)11-5-6-13-14(10-11)23-9-8-22-13/h5-6,10,12H,2-4,7-9H2,1H3/t12-/m0/s1. The van der Waals surface area contributed by atoms with E-state index in [9.17, 15) is 4.79 Å². The zero-order chi connectivity index (χ0) is 16.5. The van der Waals surface area contributed by atoms with Crippen LogP contribution in [-0.4, -0.2) is 40.7 Å². The van der Waals surface area contributed by atoms with Gasteiger partial charge in [0.25, 0.3) is 5.91 Å². The number of rotatable bonds is 3. The minimum Gasteiger partial charge on any atom is -0.486 e. The van der Waals surface area contributed by atoms with Gasteiger partial charge >= 0.3 is 0 Å². The third-order valence-electron chi connectivity index (χ3n) is 4.39. The highest BCUT2D eigenvalue weighted by molar-refractivity contribution is 5.95. The number of aromatic nitrogens is 2. The Hall–Kier alpha value is -2.57. The van der Waals surface area contributed by atoms with Crippen molar-refractivity contribution in [1.82, 2.24) is 15.0 Å². The average molecular weight is 329 g/mol. The molecule has 7 nitrogen and oxygen atoms in total. The number of ether oxygens (including phenoxy) is 2. The van der Waals surface area contributed by atoms with E-state index in [1.807, 2.05) is 11.8 Å². The van der Waals surface area contributed by atoms with Crippen LogP contribution in [0.25, 0.3) is 0 Å². The van der Waals surface area contributed by atoms with Crippen molar-refractivity contribution in [2.45, 2.75) is 32.2 Å². The fourth-order valence-corrected chi connectivity index (χ4v) is 3.17. The van der Waals surface area contributed by atoms with Gasteiger partial charge in [-0.1, -0.05) is 12.1 Å². The Morgan fingerprint density at radius 1 is 1.29 bits per heavy atom. The molecule has 126 valence electrons. The van der Waals surface area contributed by atoms with Crippen molar-refractivity contribution in [3.8, 4) is 11.5 Å². The third kappa shape index (κ3) is 2.60. The summed E-state index contributed by atoms with van der Waals surface area (Å²) >= 11 is 0. The normalized spacial score (nSPS) is 19.5. The van der Waals surface area contributed by atoms with Crippen molar-refractivity contribution in [2.24, 2.45) is 0 Å². The van der Waals surface area contributed by atoms with Crippen LogP contribution in [-0.2, 0) is 6.42 Å². The molecule has 2 aliphatic rings. The Morgan fingerprint density at radius 2 is 2.12 bits per heavy atom. The molecule has 1 aromatic carbocycles. The first-order chi connectivity index (χ1) is 11.8. The molecule has 2 aromatic rings. The smallest absolute Gasteiger partial charge is 0.254 e. The number of hydrogen-bond donors (Lipinski definition) is 0. The average Bonchev–Trinajstić information content (AvgIpc) is 3.29. The van der Waals surface area contributed by atoms with E-state index in [4.69, 9.17) is 14.0 Å². The first kappa shape index (κ1) is 15.0. The molecule has 0 saturated carbocycles. The Morgan fingerprint density at radius 3 is 2.92 bits per heavy atom. The number of benzene rings is 1. The van der Waals surface area contributed by atoms with Gasteiger partial charge in [-0.25, -0.2) is 0 Å². The third-order valence-corrected chi connectivity index (χ3v) is 4.39. The number of likely N-dealkylation sites (tertiary alicyclic amines) is 1. The van der Waals surface area contributed by atoms with Gasteiger partial charge in [-0.15, -0.1) is 0 Å². The lowest BCUT2D eigenvalue weighted by atomic mass is 10.1. The number of hydrogen-bond acceptors (Lipinski definition) is 6. The summed E-state index contributed by atoms with van der Waals surface area (Å²) < 4.78 is 16.3. The lowest BCUT2D eigenvalue weighted by molar-refractivity contribution is 0.0727. The highest BCUT2D eigenvalue weighted by Crippen LogP contribution is 2.34. The molecule has 1 aromatic heterocycles.